The van der Waals surface area contributed by atoms with E-state index in [1.165, 1.54) is 0 Å². The summed E-state index contributed by atoms with van der Waals surface area (Å²) in [6.45, 7) is -0.940. The van der Waals surface area contributed by atoms with E-state index in [0.717, 1.165) is 0 Å². The van der Waals surface area contributed by atoms with Gasteiger partial charge in [-0.3, -0.25) is 28.8 Å². The van der Waals surface area contributed by atoms with Crippen molar-refractivity contribution >= 4 is 41.4 Å². The second kappa shape index (κ2) is 13.5. The van der Waals surface area contributed by atoms with E-state index in [-0.39, 0.29) is 6.42 Å². The van der Waals surface area contributed by atoms with Gasteiger partial charge in [0, 0.05) is 6.42 Å². The van der Waals surface area contributed by atoms with Crippen molar-refractivity contribution in [3.05, 3.63) is 0 Å². The molecule has 0 heterocycles. The number of rotatable bonds is 15. The molecular weight excluding hydrogens is 434 g/mol. The molecule has 4 unspecified atom stereocenters. The van der Waals surface area contributed by atoms with Crippen LogP contribution in [0.15, 0.2) is 0 Å². The molecule has 0 aliphatic heterocycles. The van der Waals surface area contributed by atoms with E-state index < -0.39 is 91.4 Å². The van der Waals surface area contributed by atoms with E-state index in [1.807, 2.05) is 5.32 Å². The van der Waals surface area contributed by atoms with E-state index >= 15 is 0 Å². The molecule has 0 rings (SSSR count). The first kappa shape index (κ1) is 28.2. The number of amides is 6. The minimum Gasteiger partial charge on any atom is -0.480 e. The minimum absolute atomic E-state index is 0.372. The van der Waals surface area contributed by atoms with Crippen LogP contribution in [0, 0.1) is 0 Å². The summed E-state index contributed by atoms with van der Waals surface area (Å²) in [5.41, 5.74) is 20.3. The zero-order chi connectivity index (χ0) is 25.0. The second-order valence-corrected chi connectivity index (χ2v) is 6.66. The summed E-state index contributed by atoms with van der Waals surface area (Å²) in [6.07, 6.45) is -2.05. The number of hydrogen-bond donors (Lipinski definition) is 9. The van der Waals surface area contributed by atoms with Crippen LogP contribution >= 0.6 is 0 Å². The maximum absolute atomic E-state index is 12.4. The molecule has 0 aliphatic rings. The Morgan fingerprint density at radius 3 is 1.59 bits per heavy atom. The zero-order valence-corrected chi connectivity index (χ0v) is 16.9. The molecule has 0 aliphatic carbocycles. The molecule has 32 heavy (non-hydrogen) atoms. The number of nitrogens with two attached hydrogens (primary N) is 4. The highest BCUT2D eigenvalue weighted by molar-refractivity contribution is 5.95. The third kappa shape index (κ3) is 10.8. The van der Waals surface area contributed by atoms with Crippen molar-refractivity contribution in [1.82, 2.24) is 16.0 Å². The molecule has 0 aromatic carbocycles. The fourth-order valence-corrected chi connectivity index (χ4v) is 2.28. The van der Waals surface area contributed by atoms with Crippen molar-refractivity contribution < 1.29 is 43.8 Å². The summed E-state index contributed by atoms with van der Waals surface area (Å²) < 4.78 is 0. The van der Waals surface area contributed by atoms with Crippen LogP contribution in [-0.4, -0.2) is 82.4 Å². The predicted molar refractivity (Wildman–Crippen MR) is 105 cm³/mol. The van der Waals surface area contributed by atoms with Crippen molar-refractivity contribution in [3.8, 4) is 0 Å². The summed E-state index contributed by atoms with van der Waals surface area (Å²) in [5, 5.41) is 24.6. The fourth-order valence-electron chi connectivity index (χ4n) is 2.28. The van der Waals surface area contributed by atoms with Gasteiger partial charge in [0.2, 0.25) is 35.4 Å². The number of aliphatic hydroxyl groups excluding tert-OH is 1. The van der Waals surface area contributed by atoms with Gasteiger partial charge >= 0.3 is 5.97 Å². The predicted octanol–water partition coefficient (Wildman–Crippen LogP) is -6.14. The van der Waals surface area contributed by atoms with E-state index in [2.05, 4.69) is 10.6 Å². The number of carboxylic acids is 1. The van der Waals surface area contributed by atoms with Crippen molar-refractivity contribution in [2.45, 2.75) is 49.9 Å². The number of aliphatic carboxylic acids is 1. The van der Waals surface area contributed by atoms with Gasteiger partial charge in [-0.05, 0) is 6.42 Å². The van der Waals surface area contributed by atoms with Gasteiger partial charge in [-0.1, -0.05) is 0 Å². The Bertz CT molecular complexity index is 758. The molecule has 180 valence electrons. The van der Waals surface area contributed by atoms with Crippen molar-refractivity contribution in [3.63, 3.8) is 0 Å². The molecule has 13 N–H and O–H groups in total. The Morgan fingerprint density at radius 1 is 0.688 bits per heavy atom. The minimum atomic E-state index is -1.71. The van der Waals surface area contributed by atoms with E-state index in [9.17, 15) is 38.7 Å². The molecule has 0 saturated carbocycles. The Kier molecular flexibility index (Phi) is 11.9. The Hall–Kier alpha value is -3.79. The summed E-state index contributed by atoms with van der Waals surface area (Å²) >= 11 is 0. The molecule has 16 nitrogen and oxygen atoms in total. The van der Waals surface area contributed by atoms with Crippen molar-refractivity contribution in [2.24, 2.45) is 22.9 Å². The lowest BCUT2D eigenvalue weighted by molar-refractivity contribution is -0.144. The van der Waals surface area contributed by atoms with Gasteiger partial charge < -0.3 is 49.1 Å². The van der Waals surface area contributed by atoms with Crippen molar-refractivity contribution in [1.29, 1.82) is 0 Å². The molecular formula is C16H27N7O9. The third-order valence-corrected chi connectivity index (χ3v) is 3.91. The highest BCUT2D eigenvalue weighted by atomic mass is 16.4. The Balaban J connectivity index is 5.37. The summed E-state index contributed by atoms with van der Waals surface area (Å²) in [4.78, 5) is 80.8. The van der Waals surface area contributed by atoms with E-state index in [0.29, 0.717) is 0 Å². The highest BCUT2D eigenvalue weighted by Crippen LogP contribution is 2.02. The molecule has 0 bridgehead atoms. The van der Waals surface area contributed by atoms with Gasteiger partial charge in [0.15, 0.2) is 0 Å². The monoisotopic (exact) mass is 461 g/mol. The summed E-state index contributed by atoms with van der Waals surface area (Å²) in [6, 6.07) is -6.28. The van der Waals surface area contributed by atoms with Crippen LogP contribution < -0.4 is 38.9 Å². The van der Waals surface area contributed by atoms with Crippen LogP contribution in [0.5, 0.6) is 0 Å². The lowest BCUT2D eigenvalue weighted by atomic mass is 10.1. The SMILES string of the molecule is NC(=O)CCC(NC(=O)C(CO)NC(=O)C(N)CC(N)=O)C(=O)NC(CC(N)=O)C(=O)O. The van der Waals surface area contributed by atoms with Crippen LogP contribution in [0.4, 0.5) is 0 Å². The molecule has 0 aromatic rings. The van der Waals surface area contributed by atoms with Crippen LogP contribution in [0.1, 0.15) is 25.7 Å². The van der Waals surface area contributed by atoms with Crippen molar-refractivity contribution in [2.75, 3.05) is 6.61 Å². The Morgan fingerprint density at radius 2 is 1.16 bits per heavy atom. The number of carboxylic acid groups (broad SMARTS) is 1. The Labute approximate surface area is 181 Å². The quantitative estimate of drug-likeness (QED) is 0.111. The lowest BCUT2D eigenvalue weighted by Crippen LogP contribution is -2.58. The molecule has 0 aromatic heterocycles. The van der Waals surface area contributed by atoms with Gasteiger partial charge in [0.1, 0.15) is 18.1 Å². The number of aliphatic hydroxyl groups is 1. The molecule has 16 heteroatoms. The van der Waals surface area contributed by atoms with Gasteiger partial charge in [-0.15, -0.1) is 0 Å². The molecule has 0 radical (unpaired) electrons. The largest absolute Gasteiger partial charge is 0.480 e. The molecule has 0 saturated heterocycles. The standard InChI is InChI=1S/C16H27N7O9/c17-6(3-11(19)26)13(28)23-9(5-24)15(30)21-7(1-2-10(18)25)14(29)22-8(16(31)32)4-12(20)27/h6-9,24H,1-5,17H2,(H2,18,25)(H2,19,26)(H2,20,27)(H,21,30)(H,22,29)(H,23,28)(H,31,32). The van der Waals surface area contributed by atoms with Crippen LogP contribution in [0.2, 0.25) is 0 Å². The summed E-state index contributed by atoms with van der Waals surface area (Å²) in [5.74, 6) is -7.52. The maximum Gasteiger partial charge on any atom is 0.326 e. The second-order valence-electron chi connectivity index (χ2n) is 6.66. The van der Waals surface area contributed by atoms with Crippen LogP contribution in [0.3, 0.4) is 0 Å². The number of hydrogen-bond acceptors (Lipinski definition) is 9. The first-order chi connectivity index (χ1) is 14.8. The smallest absolute Gasteiger partial charge is 0.326 e. The van der Waals surface area contributed by atoms with Gasteiger partial charge in [0.25, 0.3) is 0 Å². The third-order valence-electron chi connectivity index (χ3n) is 3.91. The van der Waals surface area contributed by atoms with Gasteiger partial charge in [-0.25, -0.2) is 4.79 Å². The van der Waals surface area contributed by atoms with Gasteiger partial charge in [-0.2, -0.15) is 0 Å². The van der Waals surface area contributed by atoms with E-state index in [1.54, 1.807) is 0 Å². The van der Waals surface area contributed by atoms with E-state index in [4.69, 9.17) is 28.0 Å². The fraction of sp³-hybridized carbons (Fsp3) is 0.562. The molecule has 6 amide bonds. The number of primary amides is 3. The topological polar surface area (TPSA) is 300 Å². The first-order valence-electron chi connectivity index (χ1n) is 9.13. The highest BCUT2D eigenvalue weighted by Gasteiger charge is 2.31. The average molecular weight is 461 g/mol. The molecule has 4 atom stereocenters. The van der Waals surface area contributed by atoms with Crippen LogP contribution in [0.25, 0.3) is 0 Å². The van der Waals surface area contributed by atoms with Crippen LogP contribution in [-0.2, 0) is 33.6 Å². The molecule has 0 fully saturated rings. The average Bonchev–Trinajstić information content (AvgIpc) is 2.66. The lowest BCUT2D eigenvalue weighted by Gasteiger charge is -2.24. The first-order valence-corrected chi connectivity index (χ1v) is 9.13. The number of carbonyl (C=O) groups excluding carboxylic acids is 6. The van der Waals surface area contributed by atoms with Gasteiger partial charge in [0.05, 0.1) is 25.5 Å². The number of nitrogens with one attached hydrogen (secondary N) is 3. The maximum atomic E-state index is 12.4. The normalized spacial score (nSPS) is 14.2. The zero-order valence-electron chi connectivity index (χ0n) is 16.9. The summed E-state index contributed by atoms with van der Waals surface area (Å²) in [7, 11) is 0. The molecule has 0 spiro atoms. The number of carbonyl (C=O) groups is 7.